The molecule has 1 unspecified atom stereocenters. The van der Waals surface area contributed by atoms with Crippen molar-refractivity contribution >= 4 is 5.82 Å². The van der Waals surface area contributed by atoms with Crippen LogP contribution in [0, 0.1) is 6.92 Å². The SMILES string of the molecule is Cc1ccc(C(C)Nc2ccc(C(C)(C)C)cn2)o1. The Labute approximate surface area is 115 Å². The molecule has 0 aliphatic carbocycles. The van der Waals surface area contributed by atoms with E-state index < -0.39 is 0 Å². The molecule has 0 radical (unpaired) electrons. The second kappa shape index (κ2) is 5.08. The Morgan fingerprint density at radius 1 is 1.16 bits per heavy atom. The quantitative estimate of drug-likeness (QED) is 0.883. The van der Waals surface area contributed by atoms with Crippen LogP contribution in [0.2, 0.25) is 0 Å². The highest BCUT2D eigenvalue weighted by molar-refractivity contribution is 5.39. The Bertz CT molecular complexity index is 535. The van der Waals surface area contributed by atoms with Gasteiger partial charge < -0.3 is 9.73 Å². The van der Waals surface area contributed by atoms with Gasteiger partial charge in [0.15, 0.2) is 0 Å². The predicted molar refractivity (Wildman–Crippen MR) is 78.4 cm³/mol. The topological polar surface area (TPSA) is 38.1 Å². The third-order valence-electron chi connectivity index (χ3n) is 3.18. The number of furan rings is 1. The van der Waals surface area contributed by atoms with Crippen molar-refractivity contribution in [2.75, 3.05) is 5.32 Å². The van der Waals surface area contributed by atoms with Gasteiger partial charge >= 0.3 is 0 Å². The molecule has 0 aliphatic heterocycles. The fraction of sp³-hybridized carbons (Fsp3) is 0.438. The second-order valence-corrected chi connectivity index (χ2v) is 6.00. The smallest absolute Gasteiger partial charge is 0.126 e. The first kappa shape index (κ1) is 13.7. The van der Waals surface area contributed by atoms with Gasteiger partial charge in [-0.3, -0.25) is 0 Å². The molecule has 0 saturated carbocycles. The molecule has 3 heteroatoms. The maximum absolute atomic E-state index is 5.61. The molecule has 3 nitrogen and oxygen atoms in total. The average Bonchev–Trinajstić information content (AvgIpc) is 2.75. The lowest BCUT2D eigenvalue weighted by molar-refractivity contribution is 0.466. The van der Waals surface area contributed by atoms with E-state index in [-0.39, 0.29) is 11.5 Å². The van der Waals surface area contributed by atoms with Crippen molar-refractivity contribution in [3.63, 3.8) is 0 Å². The van der Waals surface area contributed by atoms with Crippen molar-refractivity contribution in [2.45, 2.75) is 46.1 Å². The van der Waals surface area contributed by atoms with Gasteiger partial charge in [-0.25, -0.2) is 4.98 Å². The zero-order chi connectivity index (χ0) is 14.0. The zero-order valence-electron chi connectivity index (χ0n) is 12.3. The summed E-state index contributed by atoms with van der Waals surface area (Å²) in [7, 11) is 0. The summed E-state index contributed by atoms with van der Waals surface area (Å²) in [6.45, 7) is 10.6. The molecule has 2 aromatic rings. The molecule has 0 saturated heterocycles. The van der Waals surface area contributed by atoms with E-state index in [0.717, 1.165) is 17.3 Å². The van der Waals surface area contributed by atoms with Gasteiger partial charge in [0.1, 0.15) is 17.3 Å². The number of nitrogens with one attached hydrogen (secondary N) is 1. The number of aromatic nitrogens is 1. The van der Waals surface area contributed by atoms with E-state index in [1.165, 1.54) is 5.56 Å². The van der Waals surface area contributed by atoms with Crippen molar-refractivity contribution in [3.05, 3.63) is 47.5 Å². The van der Waals surface area contributed by atoms with Gasteiger partial charge in [-0.05, 0) is 43.0 Å². The van der Waals surface area contributed by atoms with E-state index >= 15 is 0 Å². The molecular formula is C16H22N2O. The summed E-state index contributed by atoms with van der Waals surface area (Å²) in [6.07, 6.45) is 1.93. The maximum atomic E-state index is 5.61. The number of anilines is 1. The second-order valence-electron chi connectivity index (χ2n) is 6.00. The minimum absolute atomic E-state index is 0.113. The van der Waals surface area contributed by atoms with Crippen molar-refractivity contribution in [3.8, 4) is 0 Å². The van der Waals surface area contributed by atoms with E-state index in [1.807, 2.05) is 31.3 Å². The zero-order valence-corrected chi connectivity index (χ0v) is 12.3. The van der Waals surface area contributed by atoms with Crippen LogP contribution in [0.1, 0.15) is 50.8 Å². The largest absolute Gasteiger partial charge is 0.464 e. The first-order valence-electron chi connectivity index (χ1n) is 6.65. The first-order valence-corrected chi connectivity index (χ1v) is 6.65. The maximum Gasteiger partial charge on any atom is 0.126 e. The van der Waals surface area contributed by atoms with Crippen molar-refractivity contribution in [1.29, 1.82) is 0 Å². The molecule has 0 bridgehead atoms. The molecule has 2 aromatic heterocycles. The van der Waals surface area contributed by atoms with Crippen LogP contribution in [0.3, 0.4) is 0 Å². The van der Waals surface area contributed by atoms with Gasteiger partial charge in [-0.2, -0.15) is 0 Å². The molecule has 2 heterocycles. The standard InChI is InChI=1S/C16H22N2O/c1-11-6-8-14(19-11)12(2)18-15-9-7-13(10-17-15)16(3,4)5/h6-10,12H,1-5H3,(H,17,18). The minimum atomic E-state index is 0.113. The van der Waals surface area contributed by atoms with Gasteiger partial charge in [0.2, 0.25) is 0 Å². The van der Waals surface area contributed by atoms with E-state index in [4.69, 9.17) is 4.42 Å². The summed E-state index contributed by atoms with van der Waals surface area (Å²) in [6, 6.07) is 8.23. The van der Waals surface area contributed by atoms with E-state index in [9.17, 15) is 0 Å². The highest BCUT2D eigenvalue weighted by atomic mass is 16.3. The van der Waals surface area contributed by atoms with Crippen LogP contribution in [0.4, 0.5) is 5.82 Å². The molecule has 19 heavy (non-hydrogen) atoms. The van der Waals surface area contributed by atoms with Crippen LogP contribution in [0.25, 0.3) is 0 Å². The van der Waals surface area contributed by atoms with Crippen LogP contribution in [-0.2, 0) is 5.41 Å². The number of pyridine rings is 1. The van der Waals surface area contributed by atoms with E-state index in [2.05, 4.69) is 44.1 Å². The molecule has 102 valence electrons. The minimum Gasteiger partial charge on any atom is -0.464 e. The van der Waals surface area contributed by atoms with Crippen LogP contribution in [0.15, 0.2) is 34.9 Å². The summed E-state index contributed by atoms with van der Waals surface area (Å²) in [4.78, 5) is 4.46. The highest BCUT2D eigenvalue weighted by Gasteiger charge is 2.14. The number of hydrogen-bond acceptors (Lipinski definition) is 3. The molecule has 0 aromatic carbocycles. The van der Waals surface area contributed by atoms with E-state index in [1.54, 1.807) is 0 Å². The lowest BCUT2D eigenvalue weighted by Gasteiger charge is -2.19. The third-order valence-corrected chi connectivity index (χ3v) is 3.18. The molecule has 0 amide bonds. The number of hydrogen-bond donors (Lipinski definition) is 1. The molecule has 0 fully saturated rings. The Morgan fingerprint density at radius 2 is 1.89 bits per heavy atom. The molecule has 0 aliphatic rings. The van der Waals surface area contributed by atoms with Gasteiger partial charge in [0.05, 0.1) is 6.04 Å². The Balaban J connectivity index is 2.07. The molecule has 1 atom stereocenters. The summed E-state index contributed by atoms with van der Waals surface area (Å²) in [5.41, 5.74) is 1.37. The number of rotatable bonds is 3. The van der Waals surface area contributed by atoms with Crippen molar-refractivity contribution < 1.29 is 4.42 Å². The lowest BCUT2D eigenvalue weighted by Crippen LogP contribution is -2.12. The van der Waals surface area contributed by atoms with Gasteiger partial charge in [-0.1, -0.05) is 26.8 Å². The Kier molecular flexibility index (Phi) is 3.65. The normalized spacial score (nSPS) is 13.3. The van der Waals surface area contributed by atoms with E-state index in [0.29, 0.717) is 0 Å². The fourth-order valence-electron chi connectivity index (χ4n) is 1.90. The average molecular weight is 258 g/mol. The monoisotopic (exact) mass is 258 g/mol. The summed E-state index contributed by atoms with van der Waals surface area (Å²) in [5.74, 6) is 2.73. The molecule has 0 spiro atoms. The van der Waals surface area contributed by atoms with Gasteiger partial charge in [0.25, 0.3) is 0 Å². The lowest BCUT2D eigenvalue weighted by atomic mass is 9.88. The highest BCUT2D eigenvalue weighted by Crippen LogP contribution is 2.24. The Morgan fingerprint density at radius 3 is 2.37 bits per heavy atom. The van der Waals surface area contributed by atoms with Gasteiger partial charge in [-0.15, -0.1) is 0 Å². The first-order chi connectivity index (χ1) is 8.86. The molecule has 1 N–H and O–H groups in total. The molecule has 2 rings (SSSR count). The van der Waals surface area contributed by atoms with Crippen molar-refractivity contribution in [1.82, 2.24) is 4.98 Å². The van der Waals surface area contributed by atoms with Gasteiger partial charge in [0, 0.05) is 6.20 Å². The predicted octanol–water partition coefficient (Wildman–Crippen LogP) is 4.45. The summed E-state index contributed by atoms with van der Waals surface area (Å²) < 4.78 is 5.61. The van der Waals surface area contributed by atoms with Crippen LogP contribution in [0.5, 0.6) is 0 Å². The third kappa shape index (κ3) is 3.37. The Hall–Kier alpha value is -1.77. The van der Waals surface area contributed by atoms with Crippen LogP contribution >= 0.6 is 0 Å². The van der Waals surface area contributed by atoms with Crippen LogP contribution < -0.4 is 5.32 Å². The summed E-state index contributed by atoms with van der Waals surface area (Å²) >= 11 is 0. The number of aryl methyl sites for hydroxylation is 1. The van der Waals surface area contributed by atoms with Crippen LogP contribution in [-0.4, -0.2) is 4.98 Å². The fourth-order valence-corrected chi connectivity index (χ4v) is 1.90. The summed E-state index contributed by atoms with van der Waals surface area (Å²) in [5, 5.41) is 3.35. The van der Waals surface area contributed by atoms with Crippen molar-refractivity contribution in [2.24, 2.45) is 0 Å². The number of nitrogens with zero attached hydrogens (tertiary/aromatic N) is 1. The molecular weight excluding hydrogens is 236 g/mol.